The quantitative estimate of drug-likeness (QED) is 0.211. The maximum atomic E-state index is 12.6. The van der Waals surface area contributed by atoms with E-state index in [2.05, 4.69) is 13.0 Å². The topological polar surface area (TPSA) is 68.5 Å². The fraction of sp³-hybridized carbons (Fsp3) is 0.259. The Morgan fingerprint density at radius 1 is 0.875 bits per heavy atom. The molecular formula is C27H27NO4. The average Bonchev–Trinajstić information content (AvgIpc) is 2.84. The number of nitrogens with zero attached hydrogens (tertiary/aromatic N) is 1. The van der Waals surface area contributed by atoms with Crippen LogP contribution in [0.5, 0.6) is 17.2 Å². The van der Waals surface area contributed by atoms with E-state index in [0.29, 0.717) is 35.0 Å². The fourth-order valence-electron chi connectivity index (χ4n) is 3.24. The highest BCUT2D eigenvalue weighted by Gasteiger charge is 2.13. The zero-order valence-electron chi connectivity index (χ0n) is 18.5. The van der Waals surface area contributed by atoms with E-state index in [-0.39, 0.29) is 0 Å². The van der Waals surface area contributed by atoms with Gasteiger partial charge in [-0.1, -0.05) is 50.5 Å². The molecule has 0 saturated carbocycles. The maximum Gasteiger partial charge on any atom is 0.343 e. The zero-order valence-corrected chi connectivity index (χ0v) is 18.5. The van der Waals surface area contributed by atoms with Gasteiger partial charge in [0.15, 0.2) is 11.5 Å². The molecule has 0 radical (unpaired) electrons. The Morgan fingerprint density at radius 3 is 2.19 bits per heavy atom. The first-order valence-electron chi connectivity index (χ1n) is 10.8. The molecule has 0 aliphatic carbocycles. The van der Waals surface area contributed by atoms with E-state index < -0.39 is 5.97 Å². The lowest BCUT2D eigenvalue weighted by Gasteiger charge is -2.12. The number of hydrogen-bond acceptors (Lipinski definition) is 5. The molecule has 5 nitrogen and oxygen atoms in total. The van der Waals surface area contributed by atoms with Crippen LogP contribution in [0.15, 0.2) is 66.7 Å². The van der Waals surface area contributed by atoms with Crippen LogP contribution in [0.25, 0.3) is 11.1 Å². The summed E-state index contributed by atoms with van der Waals surface area (Å²) in [7, 11) is 1.55. The normalized spacial score (nSPS) is 10.3. The average molecular weight is 430 g/mol. The van der Waals surface area contributed by atoms with Gasteiger partial charge in [-0.3, -0.25) is 0 Å². The highest BCUT2D eigenvalue weighted by Crippen LogP contribution is 2.29. The predicted molar refractivity (Wildman–Crippen MR) is 124 cm³/mol. The molecule has 0 atom stereocenters. The summed E-state index contributed by atoms with van der Waals surface area (Å²) in [6, 6.07) is 21.7. The highest BCUT2D eigenvalue weighted by atomic mass is 16.5. The number of rotatable bonds is 10. The minimum atomic E-state index is -0.469. The Labute approximate surface area is 189 Å². The summed E-state index contributed by atoms with van der Waals surface area (Å²) in [6.07, 6.45) is 4.49. The van der Waals surface area contributed by atoms with Crippen molar-refractivity contribution >= 4 is 5.97 Å². The van der Waals surface area contributed by atoms with Gasteiger partial charge in [-0.2, -0.15) is 5.26 Å². The van der Waals surface area contributed by atoms with E-state index >= 15 is 0 Å². The summed E-state index contributed by atoms with van der Waals surface area (Å²) in [6.45, 7) is 2.79. The second-order valence-corrected chi connectivity index (χ2v) is 7.38. The van der Waals surface area contributed by atoms with Crippen LogP contribution in [0.1, 0.15) is 48.5 Å². The molecule has 0 amide bonds. The molecule has 0 N–H and O–H groups in total. The maximum absolute atomic E-state index is 12.6. The Bertz CT molecular complexity index is 1070. The SMILES string of the molecule is CCCCCCOc1ccc(C(=O)Oc2ccc(-c3ccc(C#N)cc3)cc2)cc1OC. The Hall–Kier alpha value is -3.78. The summed E-state index contributed by atoms with van der Waals surface area (Å²) in [5.74, 6) is 1.10. The summed E-state index contributed by atoms with van der Waals surface area (Å²) >= 11 is 0. The second-order valence-electron chi connectivity index (χ2n) is 7.38. The smallest absolute Gasteiger partial charge is 0.343 e. The third-order valence-corrected chi connectivity index (χ3v) is 5.07. The number of ether oxygens (including phenoxy) is 3. The van der Waals surface area contributed by atoms with E-state index in [4.69, 9.17) is 19.5 Å². The molecule has 0 fully saturated rings. The van der Waals surface area contributed by atoms with Crippen molar-refractivity contribution in [2.45, 2.75) is 32.6 Å². The van der Waals surface area contributed by atoms with Crippen molar-refractivity contribution < 1.29 is 19.0 Å². The largest absolute Gasteiger partial charge is 0.493 e. The molecule has 0 bridgehead atoms. The highest BCUT2D eigenvalue weighted by molar-refractivity contribution is 5.92. The van der Waals surface area contributed by atoms with Gasteiger partial charge in [0.05, 0.1) is 30.9 Å². The van der Waals surface area contributed by atoms with E-state index in [1.54, 1.807) is 49.6 Å². The zero-order chi connectivity index (χ0) is 22.8. The van der Waals surface area contributed by atoms with Gasteiger partial charge in [0.2, 0.25) is 0 Å². The van der Waals surface area contributed by atoms with Crippen molar-refractivity contribution in [3.8, 4) is 34.4 Å². The van der Waals surface area contributed by atoms with E-state index in [1.165, 1.54) is 12.8 Å². The Morgan fingerprint density at radius 2 is 1.56 bits per heavy atom. The number of carbonyl (C=O) groups excluding carboxylic acids is 1. The number of carbonyl (C=O) groups is 1. The van der Waals surface area contributed by atoms with Crippen LogP contribution in [0, 0.1) is 11.3 Å². The third kappa shape index (κ3) is 6.12. The molecule has 0 heterocycles. The summed E-state index contributed by atoms with van der Waals surface area (Å²) in [4.78, 5) is 12.6. The Balaban J connectivity index is 1.62. The number of unbranched alkanes of at least 4 members (excludes halogenated alkanes) is 3. The lowest BCUT2D eigenvalue weighted by molar-refractivity contribution is 0.0734. The summed E-state index contributed by atoms with van der Waals surface area (Å²) in [5, 5.41) is 8.91. The van der Waals surface area contributed by atoms with Gasteiger partial charge in [-0.05, 0) is 60.0 Å². The van der Waals surface area contributed by atoms with Crippen LogP contribution >= 0.6 is 0 Å². The van der Waals surface area contributed by atoms with Crippen LogP contribution in [-0.2, 0) is 0 Å². The number of benzene rings is 3. The van der Waals surface area contributed by atoms with Crippen molar-refractivity contribution in [2.24, 2.45) is 0 Å². The third-order valence-electron chi connectivity index (χ3n) is 5.07. The molecule has 5 heteroatoms. The first-order valence-corrected chi connectivity index (χ1v) is 10.8. The number of methoxy groups -OCH3 is 1. The van der Waals surface area contributed by atoms with Crippen LogP contribution in [0.4, 0.5) is 0 Å². The first kappa shape index (κ1) is 22.9. The summed E-state index contributed by atoms with van der Waals surface area (Å²) < 4.78 is 16.7. The van der Waals surface area contributed by atoms with Crippen LogP contribution in [-0.4, -0.2) is 19.7 Å². The number of hydrogen-bond donors (Lipinski definition) is 0. The number of esters is 1. The van der Waals surface area contributed by atoms with Crippen LogP contribution < -0.4 is 14.2 Å². The molecule has 0 spiro atoms. The van der Waals surface area contributed by atoms with Gasteiger partial charge < -0.3 is 14.2 Å². The summed E-state index contributed by atoms with van der Waals surface area (Å²) in [5.41, 5.74) is 2.95. The van der Waals surface area contributed by atoms with Crippen LogP contribution in [0.2, 0.25) is 0 Å². The molecule has 32 heavy (non-hydrogen) atoms. The molecule has 0 aliphatic rings. The standard InChI is InChI=1S/C27H27NO4/c1-3-4-5-6-17-31-25-16-13-23(18-26(25)30-2)27(29)32-24-14-11-22(12-15-24)21-9-7-20(19-28)8-10-21/h7-16,18H,3-6,17H2,1-2H3. The molecule has 0 unspecified atom stereocenters. The minimum absolute atomic E-state index is 0.386. The van der Waals surface area contributed by atoms with Gasteiger partial charge >= 0.3 is 5.97 Å². The Kier molecular flexibility index (Phi) is 8.28. The van der Waals surface area contributed by atoms with Crippen molar-refractivity contribution in [3.05, 3.63) is 77.9 Å². The molecule has 3 aromatic rings. The van der Waals surface area contributed by atoms with E-state index in [0.717, 1.165) is 24.0 Å². The molecule has 164 valence electrons. The minimum Gasteiger partial charge on any atom is -0.493 e. The van der Waals surface area contributed by atoms with Gasteiger partial charge in [0.25, 0.3) is 0 Å². The molecule has 3 rings (SSSR count). The van der Waals surface area contributed by atoms with Crippen molar-refractivity contribution in [1.29, 1.82) is 5.26 Å². The first-order chi connectivity index (χ1) is 15.6. The van der Waals surface area contributed by atoms with Gasteiger partial charge in [0, 0.05) is 0 Å². The van der Waals surface area contributed by atoms with Gasteiger partial charge in [0.1, 0.15) is 5.75 Å². The molecular weight excluding hydrogens is 402 g/mol. The van der Waals surface area contributed by atoms with Gasteiger partial charge in [-0.25, -0.2) is 4.79 Å². The predicted octanol–water partition coefficient (Wildman–Crippen LogP) is 6.41. The van der Waals surface area contributed by atoms with Crippen molar-refractivity contribution in [2.75, 3.05) is 13.7 Å². The van der Waals surface area contributed by atoms with Crippen molar-refractivity contribution in [3.63, 3.8) is 0 Å². The second kappa shape index (κ2) is 11.6. The lowest BCUT2D eigenvalue weighted by Crippen LogP contribution is -2.09. The molecule has 3 aromatic carbocycles. The molecule has 0 aliphatic heterocycles. The number of nitriles is 1. The lowest BCUT2D eigenvalue weighted by atomic mass is 10.0. The molecule has 0 saturated heterocycles. The van der Waals surface area contributed by atoms with Crippen LogP contribution in [0.3, 0.4) is 0 Å². The van der Waals surface area contributed by atoms with E-state index in [9.17, 15) is 4.79 Å². The fourth-order valence-corrected chi connectivity index (χ4v) is 3.24. The van der Waals surface area contributed by atoms with Crippen molar-refractivity contribution in [1.82, 2.24) is 0 Å². The van der Waals surface area contributed by atoms with E-state index in [1.807, 2.05) is 24.3 Å². The molecule has 0 aromatic heterocycles. The monoisotopic (exact) mass is 429 g/mol. The van der Waals surface area contributed by atoms with Gasteiger partial charge in [-0.15, -0.1) is 0 Å².